The van der Waals surface area contributed by atoms with E-state index in [1.54, 1.807) is 17.4 Å². The monoisotopic (exact) mass is 440 g/mol. The van der Waals surface area contributed by atoms with Crippen molar-refractivity contribution in [3.05, 3.63) is 49.5 Å². The molecule has 0 radical (unpaired) electrons. The van der Waals surface area contributed by atoms with E-state index in [2.05, 4.69) is 19.8 Å². The van der Waals surface area contributed by atoms with Crippen LogP contribution in [0.15, 0.2) is 16.9 Å². The van der Waals surface area contributed by atoms with Crippen LogP contribution in [0, 0.1) is 11.3 Å². The van der Waals surface area contributed by atoms with E-state index in [9.17, 15) is 4.79 Å². The van der Waals surface area contributed by atoms with E-state index in [1.807, 2.05) is 12.1 Å². The van der Waals surface area contributed by atoms with Gasteiger partial charge in [-0.25, -0.2) is 9.97 Å². The number of aromatic nitrogens is 3. The Morgan fingerprint density at radius 2 is 1.97 bits per heavy atom. The number of nitriles is 1. The lowest BCUT2D eigenvalue weighted by atomic mass is 9.97. The zero-order valence-corrected chi connectivity index (χ0v) is 18.0. The summed E-state index contributed by atoms with van der Waals surface area (Å²) in [5.74, 6) is 1.50. The topological polar surface area (TPSA) is 88.9 Å². The number of piperazine rings is 1. The van der Waals surface area contributed by atoms with Crippen molar-refractivity contribution in [2.24, 2.45) is 0 Å². The quantitative estimate of drug-likeness (QED) is 0.673. The maximum absolute atomic E-state index is 12.7. The first-order chi connectivity index (χ1) is 14.6. The summed E-state index contributed by atoms with van der Waals surface area (Å²) in [5, 5.41) is 10.3. The normalized spacial score (nSPS) is 17.1. The Morgan fingerprint density at radius 3 is 2.77 bits per heavy atom. The number of nitrogens with one attached hydrogen (secondary N) is 1. The SMILES string of the molecule is N#Cc1nc(N2CCN(Cc3nc4sc5c(c4c(=O)[nH]3)CCCC5)CC2)ccc1Cl. The first-order valence-corrected chi connectivity index (χ1v) is 11.4. The van der Waals surface area contributed by atoms with E-state index >= 15 is 0 Å². The maximum atomic E-state index is 12.7. The summed E-state index contributed by atoms with van der Waals surface area (Å²) < 4.78 is 0. The number of fused-ring (bicyclic) bond motifs is 3. The number of nitrogens with zero attached hydrogens (tertiary/aromatic N) is 5. The molecule has 154 valence electrons. The van der Waals surface area contributed by atoms with E-state index in [4.69, 9.17) is 21.8 Å². The molecule has 5 rings (SSSR count). The zero-order chi connectivity index (χ0) is 20.7. The van der Waals surface area contributed by atoms with Crippen LogP contribution in [0.4, 0.5) is 5.82 Å². The van der Waals surface area contributed by atoms with Gasteiger partial charge in [0.25, 0.3) is 5.56 Å². The molecule has 4 heterocycles. The third kappa shape index (κ3) is 3.58. The first kappa shape index (κ1) is 19.5. The second-order valence-electron chi connectivity index (χ2n) is 7.78. The van der Waals surface area contributed by atoms with Crippen LogP contribution in [-0.2, 0) is 19.4 Å². The Bertz CT molecular complexity index is 1200. The van der Waals surface area contributed by atoms with Crippen LogP contribution in [0.1, 0.15) is 34.8 Å². The largest absolute Gasteiger partial charge is 0.354 e. The highest BCUT2D eigenvalue weighted by molar-refractivity contribution is 7.18. The molecule has 30 heavy (non-hydrogen) atoms. The number of aromatic amines is 1. The maximum Gasteiger partial charge on any atom is 0.259 e. The molecule has 9 heteroatoms. The number of hydrogen-bond acceptors (Lipinski definition) is 7. The number of hydrogen-bond donors (Lipinski definition) is 1. The number of halogens is 1. The predicted molar refractivity (Wildman–Crippen MR) is 118 cm³/mol. The van der Waals surface area contributed by atoms with Gasteiger partial charge in [-0.15, -0.1) is 11.3 Å². The highest BCUT2D eigenvalue weighted by Crippen LogP contribution is 2.33. The summed E-state index contributed by atoms with van der Waals surface area (Å²) in [6.07, 6.45) is 4.42. The summed E-state index contributed by atoms with van der Waals surface area (Å²) in [6, 6.07) is 5.61. The van der Waals surface area contributed by atoms with Crippen molar-refractivity contribution in [2.45, 2.75) is 32.2 Å². The Balaban J connectivity index is 1.29. The van der Waals surface area contributed by atoms with Crippen molar-refractivity contribution in [1.29, 1.82) is 5.26 Å². The van der Waals surface area contributed by atoms with Crippen LogP contribution in [-0.4, -0.2) is 46.0 Å². The van der Waals surface area contributed by atoms with Gasteiger partial charge in [0.1, 0.15) is 22.5 Å². The minimum absolute atomic E-state index is 0.00225. The highest BCUT2D eigenvalue weighted by Gasteiger charge is 2.22. The Hall–Kier alpha value is -2.47. The lowest BCUT2D eigenvalue weighted by Gasteiger charge is -2.35. The van der Waals surface area contributed by atoms with Gasteiger partial charge in [0, 0.05) is 31.1 Å². The fourth-order valence-electron chi connectivity index (χ4n) is 4.32. The number of rotatable bonds is 3. The molecule has 3 aromatic heterocycles. The fraction of sp³-hybridized carbons (Fsp3) is 0.429. The van der Waals surface area contributed by atoms with Gasteiger partial charge in [0.2, 0.25) is 0 Å². The molecule has 0 spiro atoms. The number of aryl methyl sites for hydroxylation is 2. The van der Waals surface area contributed by atoms with Crippen LogP contribution in [0.2, 0.25) is 5.02 Å². The molecule has 7 nitrogen and oxygen atoms in total. The van der Waals surface area contributed by atoms with Crippen LogP contribution < -0.4 is 10.5 Å². The summed E-state index contributed by atoms with van der Waals surface area (Å²) in [5.41, 5.74) is 1.48. The molecule has 1 aliphatic carbocycles. The van der Waals surface area contributed by atoms with Gasteiger partial charge in [0.05, 0.1) is 17.0 Å². The summed E-state index contributed by atoms with van der Waals surface area (Å²) in [6.45, 7) is 3.86. The lowest BCUT2D eigenvalue weighted by Crippen LogP contribution is -2.46. The van der Waals surface area contributed by atoms with Crippen molar-refractivity contribution in [1.82, 2.24) is 19.9 Å². The van der Waals surface area contributed by atoms with E-state index in [1.165, 1.54) is 16.9 Å². The van der Waals surface area contributed by atoms with Crippen molar-refractivity contribution in [2.75, 3.05) is 31.1 Å². The minimum atomic E-state index is 0.00225. The third-order valence-electron chi connectivity index (χ3n) is 5.88. The summed E-state index contributed by atoms with van der Waals surface area (Å²) in [4.78, 5) is 31.6. The average Bonchev–Trinajstić information content (AvgIpc) is 3.13. The van der Waals surface area contributed by atoms with Crippen molar-refractivity contribution in [3.8, 4) is 6.07 Å². The standard InChI is InChI=1S/C21H21ClN6OS/c22-14-5-6-18(24-15(14)11-23)28-9-7-27(8-10-28)12-17-25-20(29)19-13-3-1-2-4-16(13)30-21(19)26-17/h5-6H,1-4,7-10,12H2,(H,25,26,29). The molecule has 0 amide bonds. The van der Waals surface area contributed by atoms with Gasteiger partial charge in [0.15, 0.2) is 5.69 Å². The molecule has 0 bridgehead atoms. The molecule has 0 saturated carbocycles. The third-order valence-corrected chi connectivity index (χ3v) is 7.37. The molecule has 0 atom stereocenters. The molecule has 3 aromatic rings. The minimum Gasteiger partial charge on any atom is -0.354 e. The fourth-order valence-corrected chi connectivity index (χ4v) is 5.75. The molecular formula is C21H21ClN6OS. The number of anilines is 1. The molecule has 2 aliphatic rings. The van der Waals surface area contributed by atoms with Gasteiger partial charge >= 0.3 is 0 Å². The summed E-state index contributed by atoms with van der Waals surface area (Å²) >= 11 is 7.68. The van der Waals surface area contributed by atoms with Gasteiger partial charge in [-0.2, -0.15) is 5.26 Å². The van der Waals surface area contributed by atoms with Crippen LogP contribution >= 0.6 is 22.9 Å². The van der Waals surface area contributed by atoms with Crippen LogP contribution in [0.3, 0.4) is 0 Å². The Morgan fingerprint density at radius 1 is 1.17 bits per heavy atom. The molecule has 0 aromatic carbocycles. The molecule has 1 saturated heterocycles. The van der Waals surface area contributed by atoms with Gasteiger partial charge in [-0.1, -0.05) is 11.6 Å². The average molecular weight is 441 g/mol. The van der Waals surface area contributed by atoms with Crippen LogP contribution in [0.5, 0.6) is 0 Å². The van der Waals surface area contributed by atoms with Crippen LogP contribution in [0.25, 0.3) is 10.2 Å². The number of H-pyrrole nitrogens is 1. The predicted octanol–water partition coefficient (Wildman–Crippen LogP) is 3.11. The molecule has 0 unspecified atom stereocenters. The summed E-state index contributed by atoms with van der Waals surface area (Å²) in [7, 11) is 0. The Labute approximate surface area is 182 Å². The molecule has 1 aliphatic heterocycles. The van der Waals surface area contributed by atoms with Crippen molar-refractivity contribution >= 4 is 39.0 Å². The first-order valence-electron chi connectivity index (χ1n) is 10.2. The number of thiophene rings is 1. The molecular weight excluding hydrogens is 420 g/mol. The van der Waals surface area contributed by atoms with E-state index < -0.39 is 0 Å². The smallest absolute Gasteiger partial charge is 0.259 e. The van der Waals surface area contributed by atoms with E-state index in [0.29, 0.717) is 11.6 Å². The second kappa shape index (κ2) is 7.99. The lowest BCUT2D eigenvalue weighted by molar-refractivity contribution is 0.243. The second-order valence-corrected chi connectivity index (χ2v) is 9.27. The Kier molecular flexibility index (Phi) is 5.19. The van der Waals surface area contributed by atoms with Gasteiger partial charge in [-0.3, -0.25) is 9.69 Å². The van der Waals surface area contributed by atoms with Gasteiger partial charge < -0.3 is 9.88 Å². The van der Waals surface area contributed by atoms with E-state index in [0.717, 1.165) is 67.3 Å². The van der Waals surface area contributed by atoms with Crippen molar-refractivity contribution in [3.63, 3.8) is 0 Å². The zero-order valence-electron chi connectivity index (χ0n) is 16.4. The molecule has 1 N–H and O–H groups in total. The highest BCUT2D eigenvalue weighted by atomic mass is 35.5. The number of pyridine rings is 1. The van der Waals surface area contributed by atoms with Gasteiger partial charge in [-0.05, 0) is 43.4 Å². The molecule has 1 fully saturated rings. The van der Waals surface area contributed by atoms with E-state index in [-0.39, 0.29) is 11.3 Å². The van der Waals surface area contributed by atoms with Crippen molar-refractivity contribution < 1.29 is 0 Å².